The van der Waals surface area contributed by atoms with Gasteiger partial charge in [0.2, 0.25) is 5.82 Å². The Bertz CT molecular complexity index is 477. The van der Waals surface area contributed by atoms with E-state index in [2.05, 4.69) is 0 Å². The number of benzene rings is 1. The fourth-order valence-corrected chi connectivity index (χ4v) is 1.48. The van der Waals surface area contributed by atoms with E-state index in [-0.39, 0.29) is 12.4 Å². The van der Waals surface area contributed by atoms with Gasteiger partial charge in [0.25, 0.3) is 0 Å². The van der Waals surface area contributed by atoms with Crippen LogP contribution in [0.4, 0.5) is 14.5 Å². The summed E-state index contributed by atoms with van der Waals surface area (Å²) in [6.45, 7) is -0.218. The maximum atomic E-state index is 13.4. The van der Waals surface area contributed by atoms with Crippen LogP contribution in [0.2, 0.25) is 5.02 Å². The summed E-state index contributed by atoms with van der Waals surface area (Å²) in [4.78, 5) is 9.53. The van der Waals surface area contributed by atoms with Gasteiger partial charge >= 0.3 is 5.69 Å². The molecule has 1 aromatic carbocycles. The van der Waals surface area contributed by atoms with Gasteiger partial charge in [-0.2, -0.15) is 4.39 Å². The summed E-state index contributed by atoms with van der Waals surface area (Å²) in [6, 6.07) is 2.10. The Morgan fingerprint density at radius 2 is 2.18 bits per heavy atom. The summed E-state index contributed by atoms with van der Waals surface area (Å²) in [6.07, 6.45) is 0.806. The molecule has 2 rings (SSSR count). The van der Waals surface area contributed by atoms with Crippen molar-refractivity contribution in [3.8, 4) is 5.75 Å². The minimum absolute atomic E-state index is 0.0845. The van der Waals surface area contributed by atoms with Crippen LogP contribution in [0, 0.1) is 15.9 Å². The number of nitro groups is 1. The molecule has 17 heavy (non-hydrogen) atoms. The summed E-state index contributed by atoms with van der Waals surface area (Å²) in [5.41, 5.74) is -2.09. The molecule has 0 saturated heterocycles. The number of nitrogens with zero attached hydrogens (tertiary/aromatic N) is 1. The van der Waals surface area contributed by atoms with Crippen LogP contribution in [0.5, 0.6) is 5.75 Å². The Kier molecular flexibility index (Phi) is 2.91. The van der Waals surface area contributed by atoms with Gasteiger partial charge < -0.3 is 4.74 Å². The molecular weight excluding hydrogens is 256 g/mol. The second kappa shape index (κ2) is 4.10. The third-order valence-electron chi connectivity index (χ3n) is 2.50. The summed E-state index contributed by atoms with van der Waals surface area (Å²) >= 11 is 5.56. The Morgan fingerprint density at radius 3 is 2.71 bits per heavy atom. The molecule has 4 nitrogen and oxygen atoms in total. The van der Waals surface area contributed by atoms with E-state index in [1.54, 1.807) is 0 Å². The highest BCUT2D eigenvalue weighted by Gasteiger charge is 2.44. The molecule has 0 bridgehead atoms. The number of halogens is 3. The van der Waals surface area contributed by atoms with Crippen LogP contribution in [-0.4, -0.2) is 17.2 Å². The van der Waals surface area contributed by atoms with Gasteiger partial charge in [0.05, 0.1) is 4.92 Å². The van der Waals surface area contributed by atoms with Crippen LogP contribution in [0.1, 0.15) is 12.8 Å². The molecule has 0 heterocycles. The molecule has 1 fully saturated rings. The van der Waals surface area contributed by atoms with Crippen molar-refractivity contribution in [3.63, 3.8) is 0 Å². The smallest absolute Gasteiger partial charge is 0.306 e. The van der Waals surface area contributed by atoms with E-state index in [1.165, 1.54) is 0 Å². The van der Waals surface area contributed by atoms with Crippen molar-refractivity contribution < 1.29 is 18.4 Å². The van der Waals surface area contributed by atoms with Gasteiger partial charge in [0, 0.05) is 6.07 Å². The molecule has 92 valence electrons. The highest BCUT2D eigenvalue weighted by atomic mass is 35.5. The quantitative estimate of drug-likeness (QED) is 0.619. The third kappa shape index (κ3) is 2.46. The van der Waals surface area contributed by atoms with Crippen molar-refractivity contribution in [3.05, 3.63) is 33.1 Å². The first-order valence-electron chi connectivity index (χ1n) is 4.87. The maximum Gasteiger partial charge on any atom is 0.306 e. The zero-order valence-electron chi connectivity index (χ0n) is 8.58. The Morgan fingerprint density at radius 1 is 1.53 bits per heavy atom. The lowest BCUT2D eigenvalue weighted by Crippen LogP contribution is -2.13. The minimum atomic E-state index is -1.36. The first-order chi connectivity index (χ1) is 7.93. The summed E-state index contributed by atoms with van der Waals surface area (Å²) in [5, 5.41) is 9.92. The Balaban J connectivity index is 2.18. The molecule has 0 radical (unpaired) electrons. The van der Waals surface area contributed by atoms with Crippen LogP contribution in [0.15, 0.2) is 12.1 Å². The molecular formula is C10H8ClF2NO3. The van der Waals surface area contributed by atoms with Gasteiger partial charge in [-0.15, -0.1) is 0 Å². The van der Waals surface area contributed by atoms with Crippen molar-refractivity contribution >= 4 is 17.3 Å². The van der Waals surface area contributed by atoms with Crippen LogP contribution in [0.25, 0.3) is 0 Å². The fraction of sp³-hybridized carbons (Fsp3) is 0.400. The molecule has 1 aromatic rings. The van der Waals surface area contributed by atoms with Crippen molar-refractivity contribution in [2.45, 2.75) is 18.5 Å². The van der Waals surface area contributed by atoms with Gasteiger partial charge in [-0.1, -0.05) is 11.6 Å². The topological polar surface area (TPSA) is 52.4 Å². The number of hydrogen-bond acceptors (Lipinski definition) is 3. The van der Waals surface area contributed by atoms with Gasteiger partial charge in [0.1, 0.15) is 23.0 Å². The Labute approximate surface area is 100 Å². The number of nitro benzene ring substituents is 1. The third-order valence-corrected chi connectivity index (χ3v) is 2.85. The molecule has 0 amide bonds. The van der Waals surface area contributed by atoms with Crippen LogP contribution < -0.4 is 4.74 Å². The van der Waals surface area contributed by atoms with E-state index in [1.807, 2.05) is 0 Å². The first-order valence-corrected chi connectivity index (χ1v) is 5.25. The standard InChI is InChI=1S/C10H8ClF2NO3/c11-8-7(17-5-10(13)3-4-10)2-1-6(9(8)12)14(15)16/h1-2H,3-5H2. The predicted molar refractivity (Wildman–Crippen MR) is 56.6 cm³/mol. The van der Waals surface area contributed by atoms with Crippen LogP contribution in [0.3, 0.4) is 0 Å². The average Bonchev–Trinajstić information content (AvgIpc) is 2.99. The second-order valence-corrected chi connectivity index (χ2v) is 4.29. The molecule has 0 aliphatic heterocycles. The summed E-state index contributed by atoms with van der Waals surface area (Å²) in [7, 11) is 0. The number of hydrogen-bond donors (Lipinski definition) is 0. The van der Waals surface area contributed by atoms with Crippen molar-refractivity contribution in [2.24, 2.45) is 0 Å². The van der Waals surface area contributed by atoms with Gasteiger partial charge in [-0.3, -0.25) is 10.1 Å². The van der Waals surface area contributed by atoms with E-state index in [4.69, 9.17) is 16.3 Å². The molecule has 0 N–H and O–H groups in total. The molecule has 0 atom stereocenters. The van der Waals surface area contributed by atoms with Crippen molar-refractivity contribution in [1.29, 1.82) is 0 Å². The van der Waals surface area contributed by atoms with Crippen molar-refractivity contribution in [1.82, 2.24) is 0 Å². The van der Waals surface area contributed by atoms with E-state index in [9.17, 15) is 18.9 Å². The van der Waals surface area contributed by atoms with Gasteiger partial charge in [-0.25, -0.2) is 4.39 Å². The molecule has 1 aliphatic carbocycles. The average molecular weight is 264 g/mol. The molecule has 1 aliphatic rings. The lowest BCUT2D eigenvalue weighted by atomic mass is 10.3. The minimum Gasteiger partial charge on any atom is -0.489 e. The van der Waals surface area contributed by atoms with Crippen molar-refractivity contribution in [2.75, 3.05) is 6.61 Å². The van der Waals surface area contributed by atoms with E-state index >= 15 is 0 Å². The van der Waals surface area contributed by atoms with Crippen LogP contribution in [-0.2, 0) is 0 Å². The maximum absolute atomic E-state index is 13.4. The molecule has 0 spiro atoms. The van der Waals surface area contributed by atoms with E-state index in [0.717, 1.165) is 12.1 Å². The lowest BCUT2D eigenvalue weighted by Gasteiger charge is -2.10. The highest BCUT2D eigenvalue weighted by Crippen LogP contribution is 2.41. The molecule has 0 unspecified atom stereocenters. The molecule has 0 aromatic heterocycles. The normalized spacial score (nSPS) is 16.6. The van der Waals surface area contributed by atoms with Crippen LogP contribution >= 0.6 is 11.6 Å². The summed E-state index contributed by atoms with van der Waals surface area (Å²) in [5.74, 6) is -1.25. The Hall–Kier alpha value is -1.43. The SMILES string of the molecule is O=[N+]([O-])c1ccc(OCC2(F)CC2)c(Cl)c1F. The predicted octanol–water partition coefficient (Wildman–Crippen LogP) is 3.27. The first kappa shape index (κ1) is 12.0. The largest absolute Gasteiger partial charge is 0.489 e. The van der Waals surface area contributed by atoms with E-state index < -0.39 is 27.1 Å². The fourth-order valence-electron chi connectivity index (χ4n) is 1.26. The summed E-state index contributed by atoms with van der Waals surface area (Å²) < 4.78 is 31.7. The second-order valence-electron chi connectivity index (χ2n) is 3.91. The lowest BCUT2D eigenvalue weighted by molar-refractivity contribution is -0.387. The number of rotatable bonds is 4. The molecule has 7 heteroatoms. The van der Waals surface area contributed by atoms with Gasteiger partial charge in [-0.05, 0) is 18.9 Å². The number of ether oxygens (including phenoxy) is 1. The van der Waals surface area contributed by atoms with E-state index in [0.29, 0.717) is 12.8 Å². The van der Waals surface area contributed by atoms with Gasteiger partial charge in [0.15, 0.2) is 0 Å². The molecule has 1 saturated carbocycles. The highest BCUT2D eigenvalue weighted by molar-refractivity contribution is 6.32. The monoisotopic (exact) mass is 263 g/mol. The number of alkyl halides is 1. The zero-order chi connectivity index (χ0) is 12.6. The zero-order valence-corrected chi connectivity index (χ0v) is 9.34.